The van der Waals surface area contributed by atoms with Crippen LogP contribution in [0.5, 0.6) is 0 Å². The van der Waals surface area contributed by atoms with Gasteiger partial charge >= 0.3 is 6.18 Å². The molecule has 0 unspecified atom stereocenters. The Bertz CT molecular complexity index is 1170. The summed E-state index contributed by atoms with van der Waals surface area (Å²) in [4.78, 5) is 14.9. The van der Waals surface area contributed by atoms with Crippen LogP contribution in [0.15, 0.2) is 49.1 Å². The lowest BCUT2D eigenvalue weighted by molar-refractivity contribution is -0.137. The topological polar surface area (TPSA) is 84.2 Å². The highest BCUT2D eigenvalue weighted by Crippen LogP contribution is 2.29. The molecule has 0 atom stereocenters. The minimum atomic E-state index is -4.45. The third-order valence-electron chi connectivity index (χ3n) is 5.17. The van der Waals surface area contributed by atoms with E-state index in [0.717, 1.165) is 12.1 Å². The highest BCUT2D eigenvalue weighted by Gasteiger charge is 2.31. The summed E-state index contributed by atoms with van der Waals surface area (Å²) < 4.78 is 66.9. The quantitative estimate of drug-likeness (QED) is 0.575. The summed E-state index contributed by atoms with van der Waals surface area (Å²) in [6.45, 7) is 3.17. The minimum Gasteiger partial charge on any atom is -0.354 e. The lowest BCUT2D eigenvalue weighted by Gasteiger charge is -2.34. The van der Waals surface area contributed by atoms with Gasteiger partial charge in [-0.25, -0.2) is 23.4 Å². The first-order valence-corrected chi connectivity index (χ1v) is 11.5. The fourth-order valence-electron chi connectivity index (χ4n) is 3.51. The summed E-state index contributed by atoms with van der Waals surface area (Å²) in [5.41, 5.74) is -0.487. The number of anilines is 1. The summed E-state index contributed by atoms with van der Waals surface area (Å²) >= 11 is 0. The van der Waals surface area contributed by atoms with Crippen molar-refractivity contribution in [3.8, 4) is 5.82 Å². The fourth-order valence-corrected chi connectivity index (χ4v) is 5.03. The van der Waals surface area contributed by atoms with Crippen molar-refractivity contribution in [2.45, 2.75) is 18.9 Å². The van der Waals surface area contributed by atoms with Crippen LogP contribution in [0.2, 0.25) is 0 Å². The van der Waals surface area contributed by atoms with Crippen LogP contribution in [-0.2, 0) is 22.0 Å². The highest BCUT2D eigenvalue weighted by molar-refractivity contribution is 7.88. The molecule has 4 rings (SSSR count). The minimum absolute atomic E-state index is 0.256. The molecule has 32 heavy (non-hydrogen) atoms. The number of hydrogen-bond donors (Lipinski definition) is 0. The van der Waals surface area contributed by atoms with Gasteiger partial charge in [-0.3, -0.25) is 4.57 Å². The van der Waals surface area contributed by atoms with Crippen LogP contribution in [0, 0.1) is 6.92 Å². The average Bonchev–Trinajstić information content (AvgIpc) is 3.28. The van der Waals surface area contributed by atoms with Crippen LogP contribution in [0.1, 0.15) is 17.0 Å². The van der Waals surface area contributed by atoms with E-state index in [1.165, 1.54) is 16.4 Å². The number of hydrogen-bond acceptors (Lipinski definition) is 6. The molecule has 0 spiro atoms. The number of rotatable bonds is 5. The second-order valence-electron chi connectivity index (χ2n) is 7.44. The number of aromatic nitrogens is 4. The van der Waals surface area contributed by atoms with Gasteiger partial charge in [0.05, 0.1) is 11.3 Å². The molecule has 0 saturated carbocycles. The molecule has 1 aliphatic heterocycles. The monoisotopic (exact) mass is 466 g/mol. The van der Waals surface area contributed by atoms with Gasteiger partial charge in [0.1, 0.15) is 23.8 Å². The van der Waals surface area contributed by atoms with Gasteiger partial charge in [0.25, 0.3) is 0 Å². The van der Waals surface area contributed by atoms with Gasteiger partial charge in [0.2, 0.25) is 10.0 Å². The molecule has 3 aromatic rings. The molecule has 0 amide bonds. The molecule has 0 aliphatic carbocycles. The molecule has 0 radical (unpaired) electrons. The predicted octanol–water partition coefficient (Wildman–Crippen LogP) is 2.64. The van der Waals surface area contributed by atoms with Crippen LogP contribution >= 0.6 is 0 Å². The molecule has 1 saturated heterocycles. The van der Waals surface area contributed by atoms with Gasteiger partial charge in [-0.15, -0.1) is 0 Å². The SMILES string of the molecule is Cc1nc(N2CCN(S(=O)(=O)Cc3ccc(C(F)(F)F)cc3)CC2)cc(-n2ccnc2)n1. The summed E-state index contributed by atoms with van der Waals surface area (Å²) in [5, 5.41) is 0. The van der Waals surface area contributed by atoms with E-state index in [9.17, 15) is 21.6 Å². The third-order valence-corrected chi connectivity index (χ3v) is 7.02. The Morgan fingerprint density at radius 2 is 1.66 bits per heavy atom. The number of piperazine rings is 1. The zero-order valence-corrected chi connectivity index (χ0v) is 18.0. The first-order valence-electron chi connectivity index (χ1n) is 9.85. The number of benzene rings is 1. The molecule has 8 nitrogen and oxygen atoms in total. The summed E-state index contributed by atoms with van der Waals surface area (Å²) in [5.74, 6) is 1.61. The van der Waals surface area contributed by atoms with Crippen LogP contribution < -0.4 is 4.90 Å². The zero-order chi connectivity index (χ0) is 22.9. The van der Waals surface area contributed by atoms with Crippen molar-refractivity contribution >= 4 is 15.8 Å². The van der Waals surface area contributed by atoms with Crippen molar-refractivity contribution < 1.29 is 21.6 Å². The molecule has 3 heterocycles. The molecule has 170 valence electrons. The largest absolute Gasteiger partial charge is 0.416 e. The summed E-state index contributed by atoms with van der Waals surface area (Å²) in [6.07, 6.45) is 0.608. The van der Waals surface area contributed by atoms with Gasteiger partial charge < -0.3 is 4.90 Å². The molecular formula is C20H21F3N6O2S. The average molecular weight is 466 g/mol. The molecule has 1 fully saturated rings. The van der Waals surface area contributed by atoms with Gasteiger partial charge in [-0.05, 0) is 24.6 Å². The highest BCUT2D eigenvalue weighted by atomic mass is 32.2. The Hall–Kier alpha value is -2.99. The van der Waals surface area contributed by atoms with Gasteiger partial charge in [0, 0.05) is 44.6 Å². The molecule has 2 aromatic heterocycles. The Labute approximate surface area is 183 Å². The molecule has 1 aliphatic rings. The van der Waals surface area contributed by atoms with Crippen molar-refractivity contribution in [3.63, 3.8) is 0 Å². The van der Waals surface area contributed by atoms with Crippen LogP contribution in [0.3, 0.4) is 0 Å². The molecule has 0 N–H and O–H groups in total. The van der Waals surface area contributed by atoms with E-state index >= 15 is 0 Å². The molecular weight excluding hydrogens is 445 g/mol. The lowest BCUT2D eigenvalue weighted by atomic mass is 10.1. The van der Waals surface area contributed by atoms with Gasteiger partial charge in [0.15, 0.2) is 0 Å². The van der Waals surface area contributed by atoms with Crippen molar-refractivity contribution in [3.05, 3.63) is 66.0 Å². The Balaban J connectivity index is 1.42. The number of alkyl halides is 3. The number of imidazole rings is 1. The van der Waals surface area contributed by atoms with E-state index in [-0.39, 0.29) is 18.8 Å². The standard InChI is InChI=1S/C20H21F3N6O2S/c1-15-25-18(12-19(26-15)28-7-6-24-14-28)27-8-10-29(11-9-27)32(30,31)13-16-2-4-17(5-3-16)20(21,22)23/h2-7,12,14H,8-11,13H2,1H3. The molecule has 0 bridgehead atoms. The van der Waals surface area contributed by atoms with E-state index in [1.54, 1.807) is 30.2 Å². The van der Waals surface area contributed by atoms with E-state index < -0.39 is 21.8 Å². The van der Waals surface area contributed by atoms with Crippen LogP contribution in [0.25, 0.3) is 5.82 Å². The van der Waals surface area contributed by atoms with E-state index in [1.807, 2.05) is 11.0 Å². The maximum atomic E-state index is 12.8. The number of nitrogens with zero attached hydrogens (tertiary/aromatic N) is 6. The van der Waals surface area contributed by atoms with E-state index in [4.69, 9.17) is 0 Å². The van der Waals surface area contributed by atoms with E-state index in [0.29, 0.717) is 36.1 Å². The first kappa shape index (κ1) is 22.2. The normalized spacial score (nSPS) is 15.8. The van der Waals surface area contributed by atoms with Gasteiger partial charge in [-0.2, -0.15) is 17.5 Å². The second kappa shape index (κ2) is 8.51. The molecule has 12 heteroatoms. The zero-order valence-electron chi connectivity index (χ0n) is 17.2. The van der Waals surface area contributed by atoms with Crippen LogP contribution in [0.4, 0.5) is 19.0 Å². The Kier molecular flexibility index (Phi) is 5.91. The molecule has 1 aromatic carbocycles. The van der Waals surface area contributed by atoms with Crippen molar-refractivity contribution in [1.29, 1.82) is 0 Å². The van der Waals surface area contributed by atoms with Crippen molar-refractivity contribution in [2.75, 3.05) is 31.1 Å². The van der Waals surface area contributed by atoms with Crippen molar-refractivity contribution in [2.24, 2.45) is 0 Å². The number of aryl methyl sites for hydroxylation is 1. The number of halogens is 3. The maximum absolute atomic E-state index is 12.8. The Morgan fingerprint density at radius 3 is 2.25 bits per heavy atom. The second-order valence-corrected chi connectivity index (χ2v) is 9.41. The van der Waals surface area contributed by atoms with Crippen LogP contribution in [-0.4, -0.2) is 58.4 Å². The van der Waals surface area contributed by atoms with Crippen molar-refractivity contribution in [1.82, 2.24) is 23.8 Å². The van der Waals surface area contributed by atoms with E-state index in [2.05, 4.69) is 15.0 Å². The van der Waals surface area contributed by atoms with Gasteiger partial charge in [-0.1, -0.05) is 12.1 Å². The summed E-state index contributed by atoms with van der Waals surface area (Å²) in [6, 6.07) is 6.03. The summed E-state index contributed by atoms with van der Waals surface area (Å²) in [7, 11) is -3.66. The lowest BCUT2D eigenvalue weighted by Crippen LogP contribution is -2.49. The maximum Gasteiger partial charge on any atom is 0.416 e. The smallest absolute Gasteiger partial charge is 0.354 e. The number of sulfonamides is 1. The first-order chi connectivity index (χ1) is 15.1. The predicted molar refractivity (Wildman–Crippen MR) is 112 cm³/mol. The Morgan fingerprint density at radius 1 is 1.00 bits per heavy atom. The third kappa shape index (κ3) is 4.91. The fraction of sp³-hybridized carbons (Fsp3) is 0.350.